The van der Waals surface area contributed by atoms with E-state index in [1.54, 1.807) is 0 Å². The maximum absolute atomic E-state index is 14.4. The highest BCUT2D eigenvalue weighted by Crippen LogP contribution is 2.47. The van der Waals surface area contributed by atoms with Crippen molar-refractivity contribution in [1.82, 2.24) is 9.88 Å². The van der Waals surface area contributed by atoms with E-state index < -0.39 is 12.1 Å². The van der Waals surface area contributed by atoms with Crippen molar-refractivity contribution < 1.29 is 9.59 Å². The van der Waals surface area contributed by atoms with Crippen LogP contribution >= 0.6 is 0 Å². The average Bonchev–Trinajstić information content (AvgIpc) is 3.53. The molecule has 0 bridgehead atoms. The monoisotopic (exact) mass is 555 g/mol. The van der Waals surface area contributed by atoms with Gasteiger partial charge in [0.15, 0.2) is 0 Å². The fourth-order valence-corrected chi connectivity index (χ4v) is 6.25. The van der Waals surface area contributed by atoms with Gasteiger partial charge in [0, 0.05) is 27.7 Å². The zero-order valence-electron chi connectivity index (χ0n) is 24.6. The Morgan fingerprint density at radius 2 is 1.52 bits per heavy atom. The van der Waals surface area contributed by atoms with Crippen molar-refractivity contribution in [2.45, 2.75) is 52.1 Å². The summed E-state index contributed by atoms with van der Waals surface area (Å²) in [6.45, 7) is 8.44. The highest BCUT2D eigenvalue weighted by atomic mass is 16.2. The summed E-state index contributed by atoms with van der Waals surface area (Å²) in [5, 5.41) is 4.20. The molecule has 6 rings (SSSR count). The zero-order chi connectivity index (χ0) is 29.4. The Hall–Kier alpha value is -4.64. The van der Waals surface area contributed by atoms with E-state index in [0.29, 0.717) is 11.5 Å². The van der Waals surface area contributed by atoms with Gasteiger partial charge in [-0.2, -0.15) is 0 Å². The van der Waals surface area contributed by atoms with Crippen molar-refractivity contribution in [3.05, 3.63) is 125 Å². The molecule has 1 aromatic heterocycles. The smallest absolute Gasteiger partial charge is 0.255 e. The van der Waals surface area contributed by atoms with Crippen LogP contribution in [0.1, 0.15) is 73.1 Å². The summed E-state index contributed by atoms with van der Waals surface area (Å²) in [6, 6.07) is 33.1. The van der Waals surface area contributed by atoms with E-state index in [-0.39, 0.29) is 17.7 Å². The van der Waals surface area contributed by atoms with E-state index >= 15 is 0 Å². The van der Waals surface area contributed by atoms with Crippen LogP contribution in [0.15, 0.2) is 103 Å². The number of nitrogens with zero attached hydrogens (tertiary/aromatic N) is 1. The molecular formula is C37H37N3O2. The van der Waals surface area contributed by atoms with Crippen LogP contribution in [0, 0.1) is 5.92 Å². The van der Waals surface area contributed by atoms with Gasteiger partial charge in [-0.1, -0.05) is 113 Å². The highest BCUT2D eigenvalue weighted by molar-refractivity contribution is 6.06. The van der Waals surface area contributed by atoms with Gasteiger partial charge in [-0.25, -0.2) is 0 Å². The zero-order valence-corrected chi connectivity index (χ0v) is 24.6. The number of para-hydroxylation sites is 1. The number of anilines is 1. The average molecular weight is 556 g/mol. The van der Waals surface area contributed by atoms with Gasteiger partial charge in [-0.05, 0) is 52.8 Å². The van der Waals surface area contributed by atoms with Crippen LogP contribution in [0.25, 0.3) is 22.2 Å². The van der Waals surface area contributed by atoms with Crippen LogP contribution in [-0.2, 0) is 4.79 Å². The summed E-state index contributed by atoms with van der Waals surface area (Å²) in [7, 11) is 0. The van der Waals surface area contributed by atoms with Crippen molar-refractivity contribution >= 4 is 28.4 Å². The number of aromatic nitrogens is 1. The third-order valence-corrected chi connectivity index (χ3v) is 8.68. The number of carbonyl (C=O) groups is 2. The first-order valence-corrected chi connectivity index (χ1v) is 14.9. The number of aromatic amines is 1. The Morgan fingerprint density at radius 3 is 2.24 bits per heavy atom. The van der Waals surface area contributed by atoms with Gasteiger partial charge < -0.3 is 15.2 Å². The van der Waals surface area contributed by atoms with Crippen LogP contribution in [0.2, 0.25) is 0 Å². The molecule has 212 valence electrons. The molecule has 2 heterocycles. The maximum atomic E-state index is 14.4. The van der Waals surface area contributed by atoms with Gasteiger partial charge in [0.05, 0.1) is 11.7 Å². The second-order valence-electron chi connectivity index (χ2n) is 11.6. The van der Waals surface area contributed by atoms with Crippen LogP contribution in [0.4, 0.5) is 5.69 Å². The predicted molar refractivity (Wildman–Crippen MR) is 171 cm³/mol. The SMILES string of the molecule is CCC(C)C(C(=O)Nc1ccc(C(C)C)cc1)N1C(=O)c2ccccc2C1c1c(-c2ccccc2)[nH]c2ccccc12. The van der Waals surface area contributed by atoms with E-state index in [9.17, 15) is 9.59 Å². The first-order chi connectivity index (χ1) is 20.4. The third kappa shape index (κ3) is 4.79. The summed E-state index contributed by atoms with van der Waals surface area (Å²) < 4.78 is 0. The largest absolute Gasteiger partial charge is 0.354 e. The Labute approximate surface area is 247 Å². The Kier molecular flexibility index (Phi) is 7.42. The molecule has 0 aliphatic carbocycles. The lowest BCUT2D eigenvalue weighted by Crippen LogP contribution is -2.50. The van der Waals surface area contributed by atoms with Gasteiger partial charge in [-0.3, -0.25) is 9.59 Å². The minimum atomic E-state index is -0.679. The number of rotatable bonds is 8. The maximum Gasteiger partial charge on any atom is 0.255 e. The second-order valence-corrected chi connectivity index (χ2v) is 11.6. The number of carbonyl (C=O) groups excluding carboxylic acids is 2. The predicted octanol–water partition coefficient (Wildman–Crippen LogP) is 8.56. The molecule has 5 heteroatoms. The molecule has 0 radical (unpaired) electrons. The van der Waals surface area contributed by atoms with E-state index in [1.165, 1.54) is 5.56 Å². The molecule has 5 aromatic rings. The molecule has 1 aliphatic heterocycles. The van der Waals surface area contributed by atoms with Crippen molar-refractivity contribution in [2.75, 3.05) is 5.32 Å². The Morgan fingerprint density at radius 1 is 0.857 bits per heavy atom. The normalized spacial score (nSPS) is 16.1. The van der Waals surface area contributed by atoms with Crippen molar-refractivity contribution in [1.29, 1.82) is 0 Å². The van der Waals surface area contributed by atoms with Gasteiger partial charge in [-0.15, -0.1) is 0 Å². The third-order valence-electron chi connectivity index (χ3n) is 8.68. The van der Waals surface area contributed by atoms with Gasteiger partial charge >= 0.3 is 0 Å². The molecular weight excluding hydrogens is 518 g/mol. The standard InChI is InChI=1S/C37H37N3O2/c1-5-24(4)34(36(41)38-27-21-19-25(20-22-27)23(2)3)40-35(28-15-9-10-16-29(28)37(40)42)32-30-17-11-12-18-31(30)39-33(32)26-13-7-6-8-14-26/h6-24,34-35,39H,5H2,1-4H3,(H,38,41). The Bertz CT molecular complexity index is 1740. The van der Waals surface area contributed by atoms with Gasteiger partial charge in [0.2, 0.25) is 5.91 Å². The minimum Gasteiger partial charge on any atom is -0.354 e. The highest BCUT2D eigenvalue weighted by Gasteiger charge is 2.47. The summed E-state index contributed by atoms with van der Waals surface area (Å²) in [4.78, 5) is 34.1. The summed E-state index contributed by atoms with van der Waals surface area (Å²) >= 11 is 0. The summed E-state index contributed by atoms with van der Waals surface area (Å²) in [5.41, 5.74) is 7.52. The molecule has 2 amide bonds. The minimum absolute atomic E-state index is 0.0777. The van der Waals surface area contributed by atoms with Crippen LogP contribution < -0.4 is 5.32 Å². The fraction of sp³-hybridized carbons (Fsp3) is 0.243. The van der Waals surface area contributed by atoms with Crippen LogP contribution in [0.3, 0.4) is 0 Å². The van der Waals surface area contributed by atoms with E-state index in [1.807, 2.05) is 71.6 Å². The van der Waals surface area contributed by atoms with E-state index in [2.05, 4.69) is 74.4 Å². The molecule has 3 atom stereocenters. The number of nitrogens with one attached hydrogen (secondary N) is 2. The molecule has 42 heavy (non-hydrogen) atoms. The second kappa shape index (κ2) is 11.3. The first kappa shape index (κ1) is 27.5. The number of hydrogen-bond donors (Lipinski definition) is 2. The van der Waals surface area contributed by atoms with Gasteiger partial charge in [0.25, 0.3) is 5.91 Å². The molecule has 0 fully saturated rings. The van der Waals surface area contributed by atoms with Crippen LogP contribution in [-0.4, -0.2) is 27.7 Å². The number of hydrogen-bond acceptors (Lipinski definition) is 2. The molecule has 5 nitrogen and oxygen atoms in total. The summed E-state index contributed by atoms with van der Waals surface area (Å²) in [6.07, 6.45) is 0.747. The molecule has 2 N–H and O–H groups in total. The Balaban J connectivity index is 1.51. The van der Waals surface area contributed by atoms with Crippen LogP contribution in [0.5, 0.6) is 0 Å². The number of H-pyrrole nitrogens is 1. The number of amides is 2. The lowest BCUT2D eigenvalue weighted by molar-refractivity contribution is -0.122. The molecule has 0 saturated carbocycles. The summed E-state index contributed by atoms with van der Waals surface area (Å²) in [5.74, 6) is 0.0366. The molecule has 0 spiro atoms. The lowest BCUT2D eigenvalue weighted by Gasteiger charge is -2.36. The number of benzene rings is 4. The topological polar surface area (TPSA) is 65.2 Å². The molecule has 3 unspecified atom stereocenters. The number of fused-ring (bicyclic) bond motifs is 2. The van der Waals surface area contributed by atoms with Crippen molar-refractivity contribution in [3.8, 4) is 11.3 Å². The van der Waals surface area contributed by atoms with E-state index in [4.69, 9.17) is 0 Å². The fourth-order valence-electron chi connectivity index (χ4n) is 6.25. The van der Waals surface area contributed by atoms with Gasteiger partial charge in [0.1, 0.15) is 6.04 Å². The first-order valence-electron chi connectivity index (χ1n) is 14.9. The lowest BCUT2D eigenvalue weighted by atomic mass is 9.90. The van der Waals surface area contributed by atoms with E-state index in [0.717, 1.165) is 45.4 Å². The molecule has 1 aliphatic rings. The quantitative estimate of drug-likeness (QED) is 0.201. The van der Waals surface area contributed by atoms with Crippen molar-refractivity contribution in [2.24, 2.45) is 5.92 Å². The molecule has 0 saturated heterocycles. The molecule has 4 aromatic carbocycles. The van der Waals surface area contributed by atoms with Crippen molar-refractivity contribution in [3.63, 3.8) is 0 Å².